The van der Waals surface area contributed by atoms with Gasteiger partial charge in [-0.05, 0) is 38.5 Å². The molecule has 0 bridgehead atoms. The van der Waals surface area contributed by atoms with Gasteiger partial charge in [0, 0.05) is 12.6 Å². The van der Waals surface area contributed by atoms with Crippen LogP contribution in [0.25, 0.3) is 0 Å². The Bertz CT molecular complexity index is 333. The highest BCUT2D eigenvalue weighted by Crippen LogP contribution is 2.45. The molecule has 0 aromatic heterocycles. The third-order valence-electron chi connectivity index (χ3n) is 4.36. The number of hydrogen-bond acceptors (Lipinski definition) is 2. The molecular weight excluding hydrogens is 232 g/mol. The summed E-state index contributed by atoms with van der Waals surface area (Å²) < 4.78 is 0. The van der Waals surface area contributed by atoms with Crippen LogP contribution in [-0.2, 0) is 4.79 Å². The van der Waals surface area contributed by atoms with Crippen LogP contribution in [0.4, 0.5) is 4.79 Å². The van der Waals surface area contributed by atoms with Crippen molar-refractivity contribution in [1.82, 2.24) is 10.6 Å². The van der Waals surface area contributed by atoms with Crippen LogP contribution in [0.3, 0.4) is 0 Å². The van der Waals surface area contributed by atoms with Crippen LogP contribution in [0.1, 0.15) is 45.4 Å². The van der Waals surface area contributed by atoms with Gasteiger partial charge in [-0.2, -0.15) is 0 Å². The first-order valence-corrected chi connectivity index (χ1v) is 6.81. The van der Waals surface area contributed by atoms with Crippen LogP contribution in [0.2, 0.25) is 0 Å². The normalized spacial score (nSPS) is 23.4. The summed E-state index contributed by atoms with van der Waals surface area (Å²) in [6, 6.07) is -0.0607. The summed E-state index contributed by atoms with van der Waals surface area (Å²) in [6.45, 7) is 2.27. The molecule has 2 fully saturated rings. The van der Waals surface area contributed by atoms with E-state index >= 15 is 0 Å². The monoisotopic (exact) mass is 254 g/mol. The molecule has 0 spiro atoms. The smallest absolute Gasteiger partial charge is 0.315 e. The molecule has 102 valence electrons. The van der Waals surface area contributed by atoms with Crippen LogP contribution in [0.15, 0.2) is 0 Å². The average molecular weight is 254 g/mol. The molecule has 0 aromatic carbocycles. The van der Waals surface area contributed by atoms with Crippen molar-refractivity contribution in [3.8, 4) is 0 Å². The topological polar surface area (TPSA) is 78.4 Å². The van der Waals surface area contributed by atoms with Crippen molar-refractivity contribution in [3.63, 3.8) is 0 Å². The van der Waals surface area contributed by atoms with E-state index in [2.05, 4.69) is 10.6 Å². The maximum Gasteiger partial charge on any atom is 0.315 e. The molecule has 0 aromatic rings. The lowest BCUT2D eigenvalue weighted by Gasteiger charge is -2.21. The Balaban J connectivity index is 1.70. The first-order chi connectivity index (χ1) is 8.53. The first-order valence-electron chi connectivity index (χ1n) is 6.81. The van der Waals surface area contributed by atoms with E-state index in [-0.39, 0.29) is 18.6 Å². The maximum absolute atomic E-state index is 11.7. The van der Waals surface area contributed by atoms with Crippen molar-refractivity contribution in [2.24, 2.45) is 11.3 Å². The molecule has 2 aliphatic rings. The predicted octanol–water partition coefficient (Wildman–Crippen LogP) is 1.73. The Kier molecular flexibility index (Phi) is 3.78. The molecule has 18 heavy (non-hydrogen) atoms. The Hall–Kier alpha value is -1.26. The van der Waals surface area contributed by atoms with E-state index in [1.54, 1.807) is 0 Å². The van der Waals surface area contributed by atoms with Gasteiger partial charge in [-0.15, -0.1) is 0 Å². The molecule has 5 heteroatoms. The summed E-state index contributed by atoms with van der Waals surface area (Å²) >= 11 is 0. The summed E-state index contributed by atoms with van der Waals surface area (Å²) in [5.74, 6) is -0.225. The summed E-state index contributed by atoms with van der Waals surface area (Å²) in [6.07, 6.45) is 6.20. The van der Waals surface area contributed by atoms with Gasteiger partial charge in [-0.3, -0.25) is 4.79 Å². The number of nitrogens with one attached hydrogen (secondary N) is 2. The van der Waals surface area contributed by atoms with Crippen molar-refractivity contribution < 1.29 is 14.7 Å². The molecule has 3 N–H and O–H groups in total. The lowest BCUT2D eigenvalue weighted by molar-refractivity contribution is -0.143. The minimum Gasteiger partial charge on any atom is -0.481 e. The lowest BCUT2D eigenvalue weighted by atomic mass is 10.0. The number of carboxylic acid groups (broad SMARTS) is 1. The van der Waals surface area contributed by atoms with Crippen molar-refractivity contribution in [2.75, 3.05) is 6.54 Å². The van der Waals surface area contributed by atoms with Crippen LogP contribution in [-0.4, -0.2) is 29.7 Å². The zero-order valence-corrected chi connectivity index (χ0v) is 10.9. The Morgan fingerprint density at radius 2 is 1.94 bits per heavy atom. The van der Waals surface area contributed by atoms with Gasteiger partial charge in [0.05, 0.1) is 5.41 Å². The number of carbonyl (C=O) groups excluding carboxylic acids is 1. The molecule has 2 saturated carbocycles. The molecule has 0 heterocycles. The molecule has 1 unspecified atom stereocenters. The van der Waals surface area contributed by atoms with Crippen molar-refractivity contribution in [3.05, 3.63) is 0 Å². The Morgan fingerprint density at radius 1 is 1.33 bits per heavy atom. The fraction of sp³-hybridized carbons (Fsp3) is 0.846. The zero-order chi connectivity index (χ0) is 13.2. The number of urea groups is 1. The molecular formula is C13H22N2O3. The van der Waals surface area contributed by atoms with Crippen LogP contribution < -0.4 is 10.6 Å². The van der Waals surface area contributed by atoms with Gasteiger partial charge >= 0.3 is 12.0 Å². The third-order valence-corrected chi connectivity index (χ3v) is 4.36. The summed E-state index contributed by atoms with van der Waals surface area (Å²) in [5, 5.41) is 14.6. The van der Waals surface area contributed by atoms with Crippen LogP contribution >= 0.6 is 0 Å². The van der Waals surface area contributed by atoms with Crippen molar-refractivity contribution in [2.45, 2.75) is 51.5 Å². The van der Waals surface area contributed by atoms with Gasteiger partial charge in [-0.1, -0.05) is 12.8 Å². The predicted molar refractivity (Wildman–Crippen MR) is 67.3 cm³/mol. The van der Waals surface area contributed by atoms with Gasteiger partial charge in [0.25, 0.3) is 0 Å². The second-order valence-corrected chi connectivity index (χ2v) is 5.75. The summed E-state index contributed by atoms with van der Waals surface area (Å²) in [5.41, 5.74) is -0.687. The number of carboxylic acids is 1. The van der Waals surface area contributed by atoms with E-state index in [0.717, 1.165) is 0 Å². The van der Waals surface area contributed by atoms with E-state index in [0.29, 0.717) is 18.8 Å². The number of carbonyl (C=O) groups is 2. The molecule has 0 aliphatic heterocycles. The maximum atomic E-state index is 11.7. The summed E-state index contributed by atoms with van der Waals surface area (Å²) in [4.78, 5) is 22.6. The fourth-order valence-corrected chi connectivity index (χ4v) is 2.70. The summed E-state index contributed by atoms with van der Waals surface area (Å²) in [7, 11) is 0. The third kappa shape index (κ3) is 2.94. The lowest BCUT2D eigenvalue weighted by Crippen LogP contribution is -2.46. The molecule has 1 atom stereocenters. The van der Waals surface area contributed by atoms with E-state index in [1.165, 1.54) is 25.7 Å². The van der Waals surface area contributed by atoms with E-state index in [9.17, 15) is 9.59 Å². The molecule has 2 aliphatic carbocycles. The molecule has 5 nitrogen and oxygen atoms in total. The van der Waals surface area contributed by atoms with Gasteiger partial charge in [-0.25, -0.2) is 4.79 Å². The standard InChI is InChI=1S/C13H22N2O3/c1-9(10-4-2-3-5-10)15-12(18)14-8-13(6-7-13)11(16)17/h9-10H,2-8H2,1H3,(H,16,17)(H2,14,15,18). The van der Waals surface area contributed by atoms with Gasteiger partial charge < -0.3 is 15.7 Å². The zero-order valence-electron chi connectivity index (χ0n) is 10.9. The second kappa shape index (κ2) is 5.16. The highest BCUT2D eigenvalue weighted by atomic mass is 16.4. The number of aliphatic carboxylic acids is 1. The molecule has 2 rings (SSSR count). The van der Waals surface area contributed by atoms with Crippen LogP contribution in [0.5, 0.6) is 0 Å². The van der Waals surface area contributed by atoms with Crippen LogP contribution in [0, 0.1) is 11.3 Å². The second-order valence-electron chi connectivity index (χ2n) is 5.75. The Labute approximate surface area is 107 Å². The fourth-order valence-electron chi connectivity index (χ4n) is 2.70. The first kappa shape index (κ1) is 13.2. The van der Waals surface area contributed by atoms with E-state index in [1.807, 2.05) is 6.92 Å². The minimum absolute atomic E-state index is 0.174. The molecule has 0 saturated heterocycles. The van der Waals surface area contributed by atoms with Crippen molar-refractivity contribution >= 4 is 12.0 Å². The highest BCUT2D eigenvalue weighted by molar-refractivity contribution is 5.80. The largest absolute Gasteiger partial charge is 0.481 e. The van der Waals surface area contributed by atoms with Gasteiger partial charge in [0.1, 0.15) is 0 Å². The minimum atomic E-state index is -0.799. The SMILES string of the molecule is CC(NC(=O)NCC1(C(=O)O)CC1)C1CCCC1. The number of amides is 2. The molecule has 0 radical (unpaired) electrons. The average Bonchev–Trinajstić information content (AvgIpc) is 2.92. The van der Waals surface area contributed by atoms with E-state index < -0.39 is 11.4 Å². The van der Waals surface area contributed by atoms with Gasteiger partial charge in [0.15, 0.2) is 0 Å². The van der Waals surface area contributed by atoms with E-state index in [4.69, 9.17) is 5.11 Å². The van der Waals surface area contributed by atoms with Crippen molar-refractivity contribution in [1.29, 1.82) is 0 Å². The highest BCUT2D eigenvalue weighted by Gasteiger charge is 2.50. The number of hydrogen-bond donors (Lipinski definition) is 3. The Morgan fingerprint density at radius 3 is 2.44 bits per heavy atom. The number of rotatable bonds is 5. The quantitative estimate of drug-likeness (QED) is 0.699. The molecule has 2 amide bonds. The van der Waals surface area contributed by atoms with Gasteiger partial charge in [0.2, 0.25) is 0 Å².